The number of aromatic nitrogens is 3. The molecule has 33 heavy (non-hydrogen) atoms. The molecule has 0 amide bonds. The fourth-order valence-corrected chi connectivity index (χ4v) is 5.72. The highest BCUT2D eigenvalue weighted by molar-refractivity contribution is 7.99. The van der Waals surface area contributed by atoms with Gasteiger partial charge in [-0.15, -0.1) is 16.8 Å². The summed E-state index contributed by atoms with van der Waals surface area (Å²) in [5.74, 6) is 1.35. The molecule has 2 heterocycles. The fourth-order valence-electron chi connectivity index (χ4n) is 3.51. The van der Waals surface area contributed by atoms with Crippen molar-refractivity contribution in [3.8, 4) is 11.4 Å². The van der Waals surface area contributed by atoms with Gasteiger partial charge in [-0.05, 0) is 17.7 Å². The van der Waals surface area contributed by atoms with E-state index in [0.717, 1.165) is 16.5 Å². The first-order chi connectivity index (χ1) is 16.1. The molecule has 1 saturated heterocycles. The summed E-state index contributed by atoms with van der Waals surface area (Å²) in [6.07, 6.45) is 5.94. The number of allylic oxidation sites excluding steroid dienone is 1. The van der Waals surface area contributed by atoms with Gasteiger partial charge in [-0.1, -0.05) is 72.5 Å². The van der Waals surface area contributed by atoms with Crippen LogP contribution in [0, 0.1) is 0 Å². The highest BCUT2D eigenvalue weighted by Gasteiger charge is 2.27. The van der Waals surface area contributed by atoms with E-state index in [4.69, 9.17) is 4.74 Å². The van der Waals surface area contributed by atoms with Crippen molar-refractivity contribution >= 4 is 27.9 Å². The first-order valence-corrected chi connectivity index (χ1v) is 13.1. The Labute approximate surface area is 198 Å². The van der Waals surface area contributed by atoms with Crippen molar-refractivity contribution in [3.05, 3.63) is 78.9 Å². The quantitative estimate of drug-likeness (QED) is 0.339. The zero-order valence-corrected chi connectivity index (χ0v) is 19.8. The summed E-state index contributed by atoms with van der Waals surface area (Å²) in [5.41, 5.74) is 1.84. The van der Waals surface area contributed by atoms with E-state index in [1.54, 1.807) is 36.0 Å². The molecule has 0 aliphatic carbocycles. The van der Waals surface area contributed by atoms with Crippen LogP contribution in [0.25, 0.3) is 17.5 Å². The van der Waals surface area contributed by atoms with Gasteiger partial charge in [0.1, 0.15) is 0 Å². The molecule has 0 spiro atoms. The van der Waals surface area contributed by atoms with Crippen molar-refractivity contribution < 1.29 is 13.2 Å². The summed E-state index contributed by atoms with van der Waals surface area (Å²) in [5, 5.41) is 9.48. The number of hydrogen-bond acceptors (Lipinski definition) is 6. The van der Waals surface area contributed by atoms with Crippen LogP contribution in [0.4, 0.5) is 0 Å². The molecule has 3 aromatic rings. The second-order valence-electron chi connectivity index (χ2n) is 7.37. The van der Waals surface area contributed by atoms with Crippen LogP contribution in [0.3, 0.4) is 0 Å². The van der Waals surface area contributed by atoms with Gasteiger partial charge in [0.2, 0.25) is 10.0 Å². The molecule has 0 bridgehead atoms. The average Bonchev–Trinajstić information content (AvgIpc) is 3.26. The van der Waals surface area contributed by atoms with Gasteiger partial charge in [0, 0.05) is 31.0 Å². The van der Waals surface area contributed by atoms with Gasteiger partial charge in [-0.25, -0.2) is 8.42 Å². The van der Waals surface area contributed by atoms with Crippen LogP contribution in [0.2, 0.25) is 0 Å². The number of benzene rings is 2. The van der Waals surface area contributed by atoms with Gasteiger partial charge >= 0.3 is 0 Å². The predicted molar refractivity (Wildman–Crippen MR) is 131 cm³/mol. The first-order valence-electron chi connectivity index (χ1n) is 10.7. The maximum absolute atomic E-state index is 13.1. The molecular formula is C24H26N4O3S2. The minimum atomic E-state index is -3.59. The van der Waals surface area contributed by atoms with Gasteiger partial charge in [0.05, 0.1) is 18.1 Å². The Hall–Kier alpha value is -2.72. The molecule has 1 aliphatic heterocycles. The Bertz CT molecular complexity index is 1220. The van der Waals surface area contributed by atoms with Gasteiger partial charge in [0.25, 0.3) is 0 Å². The number of nitrogens with zero attached hydrogens (tertiary/aromatic N) is 4. The van der Waals surface area contributed by atoms with Crippen LogP contribution in [0.15, 0.2) is 83.4 Å². The standard InChI is InChI=1S/C24H26N4O3S2/c1-2-13-28-23(25-26-24(28)32-18-7-10-20-8-4-3-5-9-20)21-11-6-12-22(19-21)33(29,30)27-14-16-31-17-15-27/h2-12,19H,1,13-18H2/b10-7+. The molecule has 1 aromatic heterocycles. The monoisotopic (exact) mass is 482 g/mol. The van der Waals surface area contributed by atoms with Gasteiger partial charge < -0.3 is 4.74 Å². The second-order valence-corrected chi connectivity index (χ2v) is 10.3. The molecule has 4 rings (SSSR count). The number of sulfonamides is 1. The molecule has 0 unspecified atom stereocenters. The molecule has 1 fully saturated rings. The van der Waals surface area contributed by atoms with E-state index in [2.05, 4.69) is 41.1 Å². The molecule has 7 nitrogen and oxygen atoms in total. The van der Waals surface area contributed by atoms with Crippen LogP contribution in [-0.4, -0.2) is 59.5 Å². The predicted octanol–water partition coefficient (Wildman–Crippen LogP) is 3.96. The lowest BCUT2D eigenvalue weighted by Crippen LogP contribution is -2.40. The Balaban J connectivity index is 1.55. The summed E-state index contributed by atoms with van der Waals surface area (Å²) in [4.78, 5) is 0.245. The third kappa shape index (κ3) is 5.62. The van der Waals surface area contributed by atoms with Crippen LogP contribution in [-0.2, 0) is 21.3 Å². The van der Waals surface area contributed by atoms with Crippen LogP contribution < -0.4 is 0 Å². The minimum absolute atomic E-state index is 0.245. The maximum Gasteiger partial charge on any atom is 0.243 e. The summed E-state index contributed by atoms with van der Waals surface area (Å²) in [7, 11) is -3.59. The Morgan fingerprint density at radius 3 is 2.61 bits per heavy atom. The van der Waals surface area contributed by atoms with Gasteiger partial charge in [0.15, 0.2) is 11.0 Å². The highest BCUT2D eigenvalue weighted by atomic mass is 32.2. The molecule has 0 saturated carbocycles. The summed E-state index contributed by atoms with van der Waals surface area (Å²) >= 11 is 1.57. The molecule has 9 heteroatoms. The highest BCUT2D eigenvalue weighted by Crippen LogP contribution is 2.27. The minimum Gasteiger partial charge on any atom is -0.379 e. The average molecular weight is 483 g/mol. The number of ether oxygens (including phenoxy) is 1. The molecule has 0 atom stereocenters. The Kier molecular flexibility index (Phi) is 7.77. The number of rotatable bonds is 9. The van der Waals surface area contributed by atoms with Crippen molar-refractivity contribution in [2.24, 2.45) is 0 Å². The van der Waals surface area contributed by atoms with E-state index in [1.165, 1.54) is 4.31 Å². The zero-order chi connectivity index (χ0) is 23.1. The molecule has 2 aromatic carbocycles. The van der Waals surface area contributed by atoms with E-state index in [1.807, 2.05) is 28.8 Å². The number of hydrogen-bond donors (Lipinski definition) is 0. The first kappa shape index (κ1) is 23.4. The number of morpholine rings is 1. The molecule has 172 valence electrons. The maximum atomic E-state index is 13.1. The van der Waals surface area contributed by atoms with E-state index in [0.29, 0.717) is 44.2 Å². The van der Waals surface area contributed by atoms with Crippen molar-refractivity contribution in [1.82, 2.24) is 19.1 Å². The third-order valence-electron chi connectivity index (χ3n) is 5.15. The number of thioether (sulfide) groups is 1. The Morgan fingerprint density at radius 2 is 1.85 bits per heavy atom. The smallest absolute Gasteiger partial charge is 0.243 e. The summed E-state index contributed by atoms with van der Waals surface area (Å²) < 4.78 is 34.9. The van der Waals surface area contributed by atoms with E-state index in [-0.39, 0.29) is 4.90 Å². The topological polar surface area (TPSA) is 77.3 Å². The normalized spacial score (nSPS) is 15.2. The van der Waals surface area contributed by atoms with Crippen LogP contribution in [0.5, 0.6) is 0 Å². The molecule has 0 radical (unpaired) electrons. The van der Waals surface area contributed by atoms with Crippen molar-refractivity contribution in [2.75, 3.05) is 32.1 Å². The van der Waals surface area contributed by atoms with Crippen molar-refractivity contribution in [3.63, 3.8) is 0 Å². The van der Waals surface area contributed by atoms with Gasteiger partial charge in [-0.3, -0.25) is 4.57 Å². The van der Waals surface area contributed by atoms with E-state index in [9.17, 15) is 8.42 Å². The lowest BCUT2D eigenvalue weighted by Gasteiger charge is -2.26. The third-order valence-corrected chi connectivity index (χ3v) is 7.96. The largest absolute Gasteiger partial charge is 0.379 e. The summed E-state index contributed by atoms with van der Waals surface area (Å²) in [6, 6.07) is 17.0. The van der Waals surface area contributed by atoms with Crippen molar-refractivity contribution in [2.45, 2.75) is 16.6 Å². The lowest BCUT2D eigenvalue weighted by atomic mass is 10.2. The van der Waals surface area contributed by atoms with E-state index >= 15 is 0 Å². The van der Waals surface area contributed by atoms with Crippen molar-refractivity contribution in [1.29, 1.82) is 0 Å². The van der Waals surface area contributed by atoms with E-state index < -0.39 is 10.0 Å². The van der Waals surface area contributed by atoms with Gasteiger partial charge in [-0.2, -0.15) is 4.31 Å². The molecule has 1 aliphatic rings. The zero-order valence-electron chi connectivity index (χ0n) is 18.2. The summed E-state index contributed by atoms with van der Waals surface area (Å²) in [6.45, 7) is 5.91. The van der Waals surface area contributed by atoms with Crippen LogP contribution >= 0.6 is 11.8 Å². The lowest BCUT2D eigenvalue weighted by molar-refractivity contribution is 0.0730. The second kappa shape index (κ2) is 10.9. The Morgan fingerprint density at radius 1 is 1.06 bits per heavy atom. The molecular weight excluding hydrogens is 456 g/mol. The SMILES string of the molecule is C=CCn1c(SC/C=C/c2ccccc2)nnc1-c1cccc(S(=O)(=O)N2CCOCC2)c1. The molecule has 0 N–H and O–H groups in total. The fraction of sp³-hybridized carbons (Fsp3) is 0.250. The van der Waals surface area contributed by atoms with Crippen LogP contribution in [0.1, 0.15) is 5.56 Å².